The zero-order valence-electron chi connectivity index (χ0n) is 17.6. The molecule has 31 heavy (non-hydrogen) atoms. The Morgan fingerprint density at radius 2 is 1.94 bits per heavy atom. The number of nitrogens with zero attached hydrogens (tertiary/aromatic N) is 5. The standard InChI is InChI=1S/C21H24N6O4/c1-13-19-18(15-4-5-16(23-21(29)30)17(12-15)31-3)24-20(27(19)7-6-22-13)26-10-8-25(9-11-26)14(2)28/h4-7,12,23H,8-11H2,1-3H3,(H,29,30). The molecule has 162 valence electrons. The van der Waals surface area contributed by atoms with Gasteiger partial charge in [-0.15, -0.1) is 0 Å². The Kier molecular flexibility index (Phi) is 5.37. The third-order valence-electron chi connectivity index (χ3n) is 5.44. The second-order valence-electron chi connectivity index (χ2n) is 7.33. The molecule has 1 fully saturated rings. The van der Waals surface area contributed by atoms with Crippen molar-refractivity contribution in [3.8, 4) is 17.0 Å². The van der Waals surface area contributed by atoms with Crippen molar-refractivity contribution < 1.29 is 19.4 Å². The zero-order chi connectivity index (χ0) is 22.1. The number of carbonyl (C=O) groups is 2. The Hall–Kier alpha value is -3.82. The number of benzene rings is 1. The number of anilines is 2. The number of hydrogen-bond acceptors (Lipinski definition) is 6. The van der Waals surface area contributed by atoms with Crippen LogP contribution in [0.2, 0.25) is 0 Å². The van der Waals surface area contributed by atoms with Crippen LogP contribution in [-0.2, 0) is 4.79 Å². The molecule has 3 aromatic rings. The van der Waals surface area contributed by atoms with Gasteiger partial charge >= 0.3 is 6.09 Å². The van der Waals surface area contributed by atoms with Gasteiger partial charge in [-0.3, -0.25) is 19.5 Å². The maximum Gasteiger partial charge on any atom is 0.409 e. The van der Waals surface area contributed by atoms with E-state index in [0.29, 0.717) is 37.6 Å². The number of aromatic nitrogens is 3. The number of hydrogen-bond donors (Lipinski definition) is 2. The molecule has 4 rings (SSSR count). The quantitative estimate of drug-likeness (QED) is 0.662. The van der Waals surface area contributed by atoms with Gasteiger partial charge in [0.25, 0.3) is 0 Å². The number of piperazine rings is 1. The predicted octanol–water partition coefficient (Wildman–Crippen LogP) is 2.47. The number of amides is 2. The molecule has 0 saturated carbocycles. The highest BCUT2D eigenvalue weighted by Crippen LogP contribution is 2.35. The largest absolute Gasteiger partial charge is 0.495 e. The summed E-state index contributed by atoms with van der Waals surface area (Å²) < 4.78 is 7.40. The summed E-state index contributed by atoms with van der Waals surface area (Å²) in [6.07, 6.45) is 2.46. The molecule has 0 bridgehead atoms. The average Bonchev–Trinajstić information content (AvgIpc) is 3.15. The molecule has 1 aromatic carbocycles. The summed E-state index contributed by atoms with van der Waals surface area (Å²) in [4.78, 5) is 36.1. The fraction of sp³-hybridized carbons (Fsp3) is 0.333. The summed E-state index contributed by atoms with van der Waals surface area (Å²) in [6.45, 7) is 6.17. The Bertz CT molecular complexity index is 1150. The number of carboxylic acid groups (broad SMARTS) is 1. The highest BCUT2D eigenvalue weighted by molar-refractivity contribution is 5.88. The molecule has 1 saturated heterocycles. The minimum absolute atomic E-state index is 0.0792. The molecule has 10 heteroatoms. The van der Waals surface area contributed by atoms with Gasteiger partial charge in [-0.2, -0.15) is 0 Å². The van der Waals surface area contributed by atoms with Crippen LogP contribution in [0.3, 0.4) is 0 Å². The number of methoxy groups -OCH3 is 1. The van der Waals surface area contributed by atoms with Crippen molar-refractivity contribution in [2.45, 2.75) is 13.8 Å². The van der Waals surface area contributed by atoms with Crippen molar-refractivity contribution >= 4 is 29.2 Å². The first-order chi connectivity index (χ1) is 14.9. The van der Waals surface area contributed by atoms with Crippen molar-refractivity contribution in [3.63, 3.8) is 0 Å². The van der Waals surface area contributed by atoms with E-state index < -0.39 is 6.09 Å². The maximum absolute atomic E-state index is 11.7. The Morgan fingerprint density at radius 3 is 2.58 bits per heavy atom. The third kappa shape index (κ3) is 3.83. The van der Waals surface area contributed by atoms with E-state index >= 15 is 0 Å². The van der Waals surface area contributed by atoms with Crippen LogP contribution in [0.1, 0.15) is 12.6 Å². The molecule has 0 aliphatic carbocycles. The molecule has 1 aliphatic rings. The summed E-state index contributed by atoms with van der Waals surface area (Å²) in [6, 6.07) is 5.22. The lowest BCUT2D eigenvalue weighted by Gasteiger charge is -2.34. The predicted molar refractivity (Wildman–Crippen MR) is 116 cm³/mol. The fourth-order valence-corrected chi connectivity index (χ4v) is 3.88. The maximum atomic E-state index is 11.7. The van der Waals surface area contributed by atoms with E-state index in [4.69, 9.17) is 14.8 Å². The molecular weight excluding hydrogens is 400 g/mol. The highest BCUT2D eigenvalue weighted by Gasteiger charge is 2.25. The SMILES string of the molecule is COc1cc(-c2nc(N3CCN(C(C)=O)CC3)n3ccnc(C)c23)ccc1NC(=O)O. The zero-order valence-corrected chi connectivity index (χ0v) is 17.6. The van der Waals surface area contributed by atoms with Gasteiger partial charge in [0.05, 0.1) is 24.0 Å². The van der Waals surface area contributed by atoms with Gasteiger partial charge in [-0.05, 0) is 19.1 Å². The van der Waals surface area contributed by atoms with Crippen molar-refractivity contribution in [2.75, 3.05) is 43.5 Å². The number of rotatable bonds is 4. The second-order valence-corrected chi connectivity index (χ2v) is 7.33. The molecule has 3 heterocycles. The first-order valence-electron chi connectivity index (χ1n) is 9.91. The number of fused-ring (bicyclic) bond motifs is 1. The van der Waals surface area contributed by atoms with Crippen LogP contribution in [0.5, 0.6) is 5.75 Å². The lowest BCUT2D eigenvalue weighted by molar-refractivity contribution is -0.129. The molecular formula is C21H24N6O4. The van der Waals surface area contributed by atoms with Crippen LogP contribution < -0.4 is 15.0 Å². The van der Waals surface area contributed by atoms with Crippen molar-refractivity contribution in [3.05, 3.63) is 36.3 Å². The Morgan fingerprint density at radius 1 is 1.19 bits per heavy atom. The minimum Gasteiger partial charge on any atom is -0.495 e. The van der Waals surface area contributed by atoms with E-state index in [1.165, 1.54) is 7.11 Å². The third-order valence-corrected chi connectivity index (χ3v) is 5.44. The van der Waals surface area contributed by atoms with Gasteiger partial charge in [0.1, 0.15) is 11.4 Å². The minimum atomic E-state index is -1.16. The monoisotopic (exact) mass is 424 g/mol. The fourth-order valence-electron chi connectivity index (χ4n) is 3.88. The van der Waals surface area contributed by atoms with Crippen LogP contribution in [0.25, 0.3) is 16.8 Å². The summed E-state index contributed by atoms with van der Waals surface area (Å²) >= 11 is 0. The van der Waals surface area contributed by atoms with E-state index in [9.17, 15) is 9.59 Å². The molecule has 0 radical (unpaired) electrons. The normalized spacial score (nSPS) is 14.0. The molecule has 2 amide bonds. The lowest BCUT2D eigenvalue weighted by atomic mass is 10.1. The number of ether oxygens (including phenoxy) is 1. The van der Waals surface area contributed by atoms with Gasteiger partial charge in [-0.1, -0.05) is 6.07 Å². The summed E-state index contributed by atoms with van der Waals surface area (Å²) in [5, 5.41) is 11.4. The molecule has 2 aromatic heterocycles. The molecule has 0 unspecified atom stereocenters. The van der Waals surface area contributed by atoms with E-state index in [2.05, 4.69) is 15.2 Å². The number of imidazole rings is 1. The summed E-state index contributed by atoms with van der Waals surface area (Å²) in [5.74, 6) is 1.26. The van der Waals surface area contributed by atoms with Crippen LogP contribution in [-0.4, -0.2) is 69.7 Å². The van der Waals surface area contributed by atoms with Gasteiger partial charge < -0.3 is 19.6 Å². The first-order valence-corrected chi connectivity index (χ1v) is 9.91. The van der Waals surface area contributed by atoms with Crippen molar-refractivity contribution in [1.82, 2.24) is 19.3 Å². The van der Waals surface area contributed by atoms with E-state index in [1.807, 2.05) is 22.4 Å². The molecule has 0 atom stereocenters. The van der Waals surface area contributed by atoms with Gasteiger partial charge in [-0.25, -0.2) is 9.78 Å². The summed E-state index contributed by atoms with van der Waals surface area (Å²) in [5.41, 5.74) is 3.57. The topological polar surface area (TPSA) is 112 Å². The second kappa shape index (κ2) is 8.13. The van der Waals surface area contributed by atoms with Crippen molar-refractivity contribution in [2.24, 2.45) is 0 Å². The van der Waals surface area contributed by atoms with Crippen LogP contribution in [0.4, 0.5) is 16.4 Å². The van der Waals surface area contributed by atoms with Gasteiger partial charge in [0.2, 0.25) is 11.9 Å². The Labute approximate surface area is 179 Å². The highest BCUT2D eigenvalue weighted by atomic mass is 16.5. The molecule has 2 N–H and O–H groups in total. The van der Waals surface area contributed by atoms with Crippen LogP contribution in [0, 0.1) is 6.92 Å². The van der Waals surface area contributed by atoms with E-state index in [1.54, 1.807) is 31.3 Å². The number of carbonyl (C=O) groups excluding carboxylic acids is 1. The molecule has 10 nitrogen and oxygen atoms in total. The number of nitrogens with one attached hydrogen (secondary N) is 1. The lowest BCUT2D eigenvalue weighted by Crippen LogP contribution is -2.48. The van der Waals surface area contributed by atoms with Crippen LogP contribution in [0.15, 0.2) is 30.6 Å². The van der Waals surface area contributed by atoms with Gasteiger partial charge in [0, 0.05) is 51.1 Å². The number of aryl methyl sites for hydroxylation is 1. The molecule has 0 spiro atoms. The van der Waals surface area contributed by atoms with E-state index in [-0.39, 0.29) is 5.91 Å². The Balaban J connectivity index is 1.78. The smallest absolute Gasteiger partial charge is 0.409 e. The summed E-state index contributed by atoms with van der Waals surface area (Å²) in [7, 11) is 1.49. The van der Waals surface area contributed by atoms with Gasteiger partial charge in [0.15, 0.2) is 0 Å². The van der Waals surface area contributed by atoms with E-state index in [0.717, 1.165) is 28.4 Å². The van der Waals surface area contributed by atoms with Crippen molar-refractivity contribution in [1.29, 1.82) is 0 Å². The first kappa shape index (κ1) is 20.5. The van der Waals surface area contributed by atoms with Crippen LogP contribution >= 0.6 is 0 Å². The average molecular weight is 424 g/mol. The molecule has 1 aliphatic heterocycles.